The molecule has 1 aliphatic rings. The fourth-order valence-corrected chi connectivity index (χ4v) is 5.29. The smallest absolute Gasteiger partial charge is 0.271 e. The maximum absolute atomic E-state index is 13.7. The zero-order valence-electron chi connectivity index (χ0n) is 18.9. The van der Waals surface area contributed by atoms with E-state index < -0.39 is 5.54 Å². The van der Waals surface area contributed by atoms with Gasteiger partial charge < -0.3 is 19.5 Å². The molecule has 1 N–H and O–H groups in total. The largest absolute Gasteiger partial charge is 0.497 e. The minimum Gasteiger partial charge on any atom is -0.497 e. The van der Waals surface area contributed by atoms with E-state index in [0.29, 0.717) is 12.2 Å². The van der Waals surface area contributed by atoms with E-state index in [1.54, 1.807) is 42.4 Å². The van der Waals surface area contributed by atoms with Crippen LogP contribution in [0.3, 0.4) is 0 Å². The number of carbonyl (C=O) groups is 2. The normalized spacial score (nSPS) is 17.6. The molecule has 4 aromatic rings. The summed E-state index contributed by atoms with van der Waals surface area (Å²) < 4.78 is 20.4. The van der Waals surface area contributed by atoms with E-state index in [1.807, 2.05) is 46.3 Å². The van der Waals surface area contributed by atoms with Gasteiger partial charge in [-0.15, -0.1) is 11.3 Å². The van der Waals surface area contributed by atoms with Gasteiger partial charge in [-0.2, -0.15) is 0 Å². The van der Waals surface area contributed by atoms with Crippen molar-refractivity contribution >= 4 is 33.4 Å². The van der Waals surface area contributed by atoms with Gasteiger partial charge in [-0.3, -0.25) is 9.59 Å². The van der Waals surface area contributed by atoms with Gasteiger partial charge in [0.2, 0.25) is 5.91 Å². The Labute approximate surface area is 200 Å². The molecule has 0 saturated heterocycles. The van der Waals surface area contributed by atoms with E-state index in [4.69, 9.17) is 4.74 Å². The number of carbonyl (C=O) groups excluding carboxylic acids is 2. The molecule has 34 heavy (non-hydrogen) atoms. The van der Waals surface area contributed by atoms with Crippen LogP contribution in [-0.2, 0) is 24.4 Å². The van der Waals surface area contributed by atoms with Crippen molar-refractivity contribution in [2.45, 2.75) is 32.1 Å². The molecule has 5 rings (SSSR count). The summed E-state index contributed by atoms with van der Waals surface area (Å²) in [4.78, 5) is 29.9. The van der Waals surface area contributed by atoms with Gasteiger partial charge in [0, 0.05) is 18.5 Å². The Bertz CT molecular complexity index is 1360. The van der Waals surface area contributed by atoms with Crippen LogP contribution in [-0.4, -0.2) is 33.9 Å². The number of aromatic nitrogens is 1. The van der Waals surface area contributed by atoms with Crippen LogP contribution in [0.4, 0.5) is 4.39 Å². The zero-order chi connectivity index (χ0) is 23.9. The first-order chi connectivity index (χ1) is 16.4. The van der Waals surface area contributed by atoms with Crippen molar-refractivity contribution in [2.24, 2.45) is 0 Å². The van der Waals surface area contributed by atoms with Crippen molar-refractivity contribution < 1.29 is 18.7 Å². The van der Waals surface area contributed by atoms with Gasteiger partial charge in [0.15, 0.2) is 0 Å². The summed E-state index contributed by atoms with van der Waals surface area (Å²) in [6.45, 7) is 2.66. The lowest BCUT2D eigenvalue weighted by Crippen LogP contribution is -2.63. The fraction of sp³-hybridized carbons (Fsp3) is 0.231. The van der Waals surface area contributed by atoms with Crippen LogP contribution in [0.2, 0.25) is 0 Å². The highest BCUT2D eigenvalue weighted by Gasteiger charge is 2.47. The predicted molar refractivity (Wildman–Crippen MR) is 129 cm³/mol. The number of ether oxygens (including phenoxy) is 1. The molecule has 0 bridgehead atoms. The second kappa shape index (κ2) is 8.61. The molecule has 2 amide bonds. The first-order valence-electron chi connectivity index (χ1n) is 10.9. The highest BCUT2D eigenvalue weighted by molar-refractivity contribution is 7.16. The molecule has 174 valence electrons. The number of nitrogens with zero attached hydrogens (tertiary/aromatic N) is 2. The van der Waals surface area contributed by atoms with Gasteiger partial charge in [-0.05, 0) is 59.8 Å². The lowest BCUT2D eigenvalue weighted by atomic mass is 9.93. The lowest BCUT2D eigenvalue weighted by Gasteiger charge is -2.44. The molecule has 0 unspecified atom stereocenters. The maximum Gasteiger partial charge on any atom is 0.271 e. The Balaban J connectivity index is 1.48. The number of halogens is 1. The Morgan fingerprint density at radius 2 is 1.82 bits per heavy atom. The first-order valence-corrected chi connectivity index (χ1v) is 11.8. The summed E-state index contributed by atoms with van der Waals surface area (Å²) in [5.74, 6) is -0.0547. The molecule has 0 fully saturated rings. The molecule has 6 nitrogen and oxygen atoms in total. The van der Waals surface area contributed by atoms with Gasteiger partial charge in [-0.25, -0.2) is 4.39 Å². The Kier molecular flexibility index (Phi) is 5.61. The number of amides is 2. The number of hydrogen-bond donors (Lipinski definition) is 1. The minimum atomic E-state index is -1.13. The van der Waals surface area contributed by atoms with Gasteiger partial charge in [0.1, 0.15) is 27.6 Å². The van der Waals surface area contributed by atoms with E-state index in [0.717, 1.165) is 27.1 Å². The van der Waals surface area contributed by atoms with Crippen LogP contribution in [0.15, 0.2) is 66.0 Å². The first kappa shape index (κ1) is 22.2. The summed E-state index contributed by atoms with van der Waals surface area (Å²) in [7, 11) is 1.60. The van der Waals surface area contributed by atoms with Crippen LogP contribution in [0, 0.1) is 5.82 Å². The summed E-state index contributed by atoms with van der Waals surface area (Å²) in [6.07, 6.45) is 0. The Morgan fingerprint density at radius 3 is 2.53 bits per heavy atom. The molecule has 2 aromatic carbocycles. The SMILES string of the molecule is COc1ccc(CN2C(=O)c3cc4ccsc4n3C[C@]2(C)C(=O)NCc2ccc(F)cc2)cc1. The molecule has 8 heteroatoms. The van der Waals surface area contributed by atoms with Crippen LogP contribution in [0.25, 0.3) is 10.2 Å². The third kappa shape index (κ3) is 3.84. The molecule has 1 aliphatic heterocycles. The molecule has 3 heterocycles. The highest BCUT2D eigenvalue weighted by atomic mass is 32.1. The van der Waals surface area contributed by atoms with Crippen LogP contribution < -0.4 is 10.1 Å². The molecule has 0 radical (unpaired) electrons. The van der Waals surface area contributed by atoms with Crippen LogP contribution in [0.1, 0.15) is 28.5 Å². The van der Waals surface area contributed by atoms with Crippen molar-refractivity contribution in [3.63, 3.8) is 0 Å². The number of thiophene rings is 1. The van der Waals surface area contributed by atoms with E-state index in [-0.39, 0.29) is 30.7 Å². The maximum atomic E-state index is 13.7. The summed E-state index contributed by atoms with van der Waals surface area (Å²) in [6, 6.07) is 17.4. The molecule has 0 saturated carbocycles. The number of benzene rings is 2. The standard InChI is InChI=1S/C26H24FN3O3S/c1-26(25(32)28-14-17-3-7-20(27)8-4-17)16-29-22(13-19-11-12-34-24(19)29)23(31)30(26)15-18-5-9-21(33-2)10-6-18/h3-13H,14-16H2,1-2H3,(H,28,32)/t26-/m1/s1. The molecular formula is C26H24FN3O3S. The number of fused-ring (bicyclic) bond motifs is 3. The van der Waals surface area contributed by atoms with Crippen molar-refractivity contribution in [1.82, 2.24) is 14.8 Å². The lowest BCUT2D eigenvalue weighted by molar-refractivity contribution is -0.133. The second-order valence-corrected chi connectivity index (χ2v) is 9.51. The van der Waals surface area contributed by atoms with Crippen molar-refractivity contribution in [2.75, 3.05) is 7.11 Å². The molecule has 0 spiro atoms. The molecular weight excluding hydrogens is 453 g/mol. The van der Waals surface area contributed by atoms with Gasteiger partial charge in [-0.1, -0.05) is 24.3 Å². The highest BCUT2D eigenvalue weighted by Crippen LogP contribution is 2.35. The number of methoxy groups -OCH3 is 1. The second-order valence-electron chi connectivity index (χ2n) is 8.62. The van der Waals surface area contributed by atoms with Crippen molar-refractivity contribution in [3.05, 3.63) is 88.7 Å². The Morgan fingerprint density at radius 1 is 1.12 bits per heavy atom. The average molecular weight is 478 g/mol. The monoisotopic (exact) mass is 477 g/mol. The van der Waals surface area contributed by atoms with Crippen LogP contribution in [0.5, 0.6) is 5.75 Å². The van der Waals surface area contributed by atoms with Crippen molar-refractivity contribution in [1.29, 1.82) is 0 Å². The van der Waals surface area contributed by atoms with E-state index in [1.165, 1.54) is 12.1 Å². The number of nitrogens with one attached hydrogen (secondary N) is 1. The average Bonchev–Trinajstić information content (AvgIpc) is 3.44. The number of rotatable bonds is 6. The topological polar surface area (TPSA) is 63.6 Å². The fourth-order valence-electron chi connectivity index (χ4n) is 4.39. The minimum absolute atomic E-state index is 0.190. The number of hydrogen-bond acceptors (Lipinski definition) is 4. The van der Waals surface area contributed by atoms with Gasteiger partial charge in [0.05, 0.1) is 13.7 Å². The van der Waals surface area contributed by atoms with Crippen molar-refractivity contribution in [3.8, 4) is 5.75 Å². The summed E-state index contributed by atoms with van der Waals surface area (Å²) in [5, 5.41) is 5.94. The van der Waals surface area contributed by atoms with E-state index in [9.17, 15) is 14.0 Å². The van der Waals surface area contributed by atoms with Crippen LogP contribution >= 0.6 is 11.3 Å². The summed E-state index contributed by atoms with van der Waals surface area (Å²) >= 11 is 1.56. The predicted octanol–water partition coefficient (Wildman–Crippen LogP) is 4.58. The molecule has 2 aromatic heterocycles. The Hall–Kier alpha value is -3.65. The molecule has 1 atom stereocenters. The van der Waals surface area contributed by atoms with E-state index >= 15 is 0 Å². The summed E-state index contributed by atoms with van der Waals surface area (Å²) in [5.41, 5.74) is 1.14. The van der Waals surface area contributed by atoms with E-state index in [2.05, 4.69) is 5.32 Å². The molecule has 0 aliphatic carbocycles. The van der Waals surface area contributed by atoms with Gasteiger partial charge >= 0.3 is 0 Å². The third-order valence-electron chi connectivity index (χ3n) is 6.38. The van der Waals surface area contributed by atoms with Gasteiger partial charge in [0.25, 0.3) is 5.91 Å². The zero-order valence-corrected chi connectivity index (χ0v) is 19.7. The quantitative estimate of drug-likeness (QED) is 0.442. The third-order valence-corrected chi connectivity index (χ3v) is 7.34.